The van der Waals surface area contributed by atoms with Crippen LogP contribution in [0, 0.1) is 28.7 Å². The molecule has 0 unspecified atom stereocenters. The van der Waals surface area contributed by atoms with Crippen molar-refractivity contribution in [3.63, 3.8) is 0 Å². The number of hydrogen-bond donors (Lipinski definition) is 1. The molecule has 0 atom stereocenters. The lowest BCUT2D eigenvalue weighted by atomic mass is 10.1. The van der Waals surface area contributed by atoms with Crippen LogP contribution in [0.15, 0.2) is 64.6 Å². The van der Waals surface area contributed by atoms with Crippen LogP contribution in [-0.2, 0) is 11.4 Å². The van der Waals surface area contributed by atoms with Crippen molar-refractivity contribution in [2.45, 2.75) is 20.5 Å². The Kier molecular flexibility index (Phi) is 8.53. The molecule has 0 heterocycles. The van der Waals surface area contributed by atoms with Gasteiger partial charge in [-0.25, -0.2) is 0 Å². The monoisotopic (exact) mass is 616 g/mol. The molecule has 7 heteroatoms. The molecule has 0 saturated carbocycles. The van der Waals surface area contributed by atoms with E-state index >= 15 is 0 Å². The van der Waals surface area contributed by atoms with E-state index in [4.69, 9.17) is 9.47 Å². The molecule has 33 heavy (non-hydrogen) atoms. The predicted molar refractivity (Wildman–Crippen MR) is 142 cm³/mol. The van der Waals surface area contributed by atoms with Gasteiger partial charge in [0, 0.05) is 10.2 Å². The van der Waals surface area contributed by atoms with Gasteiger partial charge in [-0.2, -0.15) is 5.26 Å². The number of anilines is 1. The summed E-state index contributed by atoms with van der Waals surface area (Å²) in [6.45, 7) is 4.29. The molecule has 1 N–H and O–H groups in total. The van der Waals surface area contributed by atoms with Crippen molar-refractivity contribution in [1.29, 1.82) is 5.26 Å². The fraction of sp³-hybridized carbons (Fsp3) is 0.154. The molecule has 5 nitrogen and oxygen atoms in total. The average molecular weight is 617 g/mol. The molecule has 0 bridgehead atoms. The van der Waals surface area contributed by atoms with E-state index in [1.165, 1.54) is 0 Å². The van der Waals surface area contributed by atoms with E-state index in [1.54, 1.807) is 19.3 Å². The van der Waals surface area contributed by atoms with Crippen LogP contribution in [0.25, 0.3) is 6.08 Å². The topological polar surface area (TPSA) is 71.3 Å². The first-order chi connectivity index (χ1) is 15.8. The highest BCUT2D eigenvalue weighted by atomic mass is 127. The van der Waals surface area contributed by atoms with Gasteiger partial charge in [-0.05, 0) is 95.1 Å². The molecule has 0 fully saturated rings. The Labute approximate surface area is 215 Å². The Morgan fingerprint density at radius 1 is 1.18 bits per heavy atom. The third kappa shape index (κ3) is 6.36. The summed E-state index contributed by atoms with van der Waals surface area (Å²) in [7, 11) is 1.56. The third-order valence-electron chi connectivity index (χ3n) is 5.08. The smallest absolute Gasteiger partial charge is 0.266 e. The molecule has 0 aliphatic rings. The van der Waals surface area contributed by atoms with Crippen LogP contribution in [0.2, 0.25) is 0 Å². The number of ether oxygens (including phenoxy) is 2. The van der Waals surface area contributed by atoms with Gasteiger partial charge in [0.25, 0.3) is 5.91 Å². The third-order valence-corrected chi connectivity index (χ3v) is 6.41. The van der Waals surface area contributed by atoms with Gasteiger partial charge in [-0.15, -0.1) is 0 Å². The molecule has 3 rings (SSSR count). The highest BCUT2D eigenvalue weighted by molar-refractivity contribution is 14.1. The second-order valence-electron chi connectivity index (χ2n) is 7.32. The van der Waals surface area contributed by atoms with Gasteiger partial charge in [0.15, 0.2) is 11.5 Å². The van der Waals surface area contributed by atoms with E-state index in [0.29, 0.717) is 29.4 Å². The quantitative estimate of drug-likeness (QED) is 0.180. The standard InChI is InChI=1S/C26H22BrIN2O3/c1-16-5-4-6-23(17(16)2)30-26(31)20(14-29)11-19-12-22(28)25(24(13-19)32-3)33-15-18-7-9-21(27)10-8-18/h4-13H,15H2,1-3H3,(H,30,31)/b20-11-. The zero-order valence-corrected chi connectivity index (χ0v) is 22.2. The number of amides is 1. The van der Waals surface area contributed by atoms with E-state index in [0.717, 1.165) is 24.7 Å². The van der Waals surface area contributed by atoms with E-state index in [2.05, 4.69) is 43.8 Å². The number of nitriles is 1. The number of carbonyl (C=O) groups is 1. The Balaban J connectivity index is 1.83. The molecule has 0 radical (unpaired) electrons. The van der Waals surface area contributed by atoms with Crippen LogP contribution in [0.5, 0.6) is 11.5 Å². The highest BCUT2D eigenvalue weighted by Gasteiger charge is 2.15. The number of methoxy groups -OCH3 is 1. The SMILES string of the molecule is COc1cc(/C=C(/C#N)C(=O)Nc2cccc(C)c2C)cc(I)c1OCc1ccc(Br)cc1. The second kappa shape index (κ2) is 11.3. The summed E-state index contributed by atoms with van der Waals surface area (Å²) in [4.78, 5) is 12.7. The molecule has 0 aromatic heterocycles. The lowest BCUT2D eigenvalue weighted by Gasteiger charge is -2.14. The summed E-state index contributed by atoms with van der Waals surface area (Å²) in [5, 5.41) is 12.4. The van der Waals surface area contributed by atoms with Gasteiger partial charge in [-0.1, -0.05) is 40.2 Å². The lowest BCUT2D eigenvalue weighted by molar-refractivity contribution is -0.112. The number of carbonyl (C=O) groups excluding carboxylic acids is 1. The van der Waals surface area contributed by atoms with Gasteiger partial charge in [0.05, 0.1) is 10.7 Å². The van der Waals surface area contributed by atoms with Crippen molar-refractivity contribution < 1.29 is 14.3 Å². The first-order valence-corrected chi connectivity index (χ1v) is 11.9. The van der Waals surface area contributed by atoms with Gasteiger partial charge in [-0.3, -0.25) is 4.79 Å². The molecule has 0 aliphatic heterocycles. The fourth-order valence-electron chi connectivity index (χ4n) is 3.09. The van der Waals surface area contributed by atoms with Crippen LogP contribution in [0.3, 0.4) is 0 Å². The zero-order valence-electron chi connectivity index (χ0n) is 18.4. The minimum atomic E-state index is -0.462. The number of nitrogens with zero attached hydrogens (tertiary/aromatic N) is 1. The van der Waals surface area contributed by atoms with Crippen LogP contribution in [-0.4, -0.2) is 13.0 Å². The summed E-state index contributed by atoms with van der Waals surface area (Å²) in [5.74, 6) is 0.671. The number of hydrogen-bond acceptors (Lipinski definition) is 4. The second-order valence-corrected chi connectivity index (χ2v) is 9.40. The van der Waals surface area contributed by atoms with Gasteiger partial charge < -0.3 is 14.8 Å². The molecular formula is C26H22BrIN2O3. The minimum absolute atomic E-state index is 0.00251. The Morgan fingerprint density at radius 2 is 1.91 bits per heavy atom. The maximum Gasteiger partial charge on any atom is 0.266 e. The molecule has 3 aromatic rings. The number of aryl methyl sites for hydroxylation is 1. The summed E-state index contributed by atoms with van der Waals surface area (Å²) in [5.41, 5.74) is 4.40. The maximum atomic E-state index is 12.7. The Bertz CT molecular complexity index is 1250. The van der Waals surface area contributed by atoms with Gasteiger partial charge in [0.2, 0.25) is 0 Å². The highest BCUT2D eigenvalue weighted by Crippen LogP contribution is 2.35. The first-order valence-electron chi connectivity index (χ1n) is 10.1. The van der Waals surface area contributed by atoms with Crippen molar-refractivity contribution >= 4 is 56.2 Å². The van der Waals surface area contributed by atoms with Crippen LogP contribution >= 0.6 is 38.5 Å². The zero-order chi connectivity index (χ0) is 24.0. The minimum Gasteiger partial charge on any atom is -0.493 e. The Morgan fingerprint density at radius 3 is 2.58 bits per heavy atom. The average Bonchev–Trinajstić information content (AvgIpc) is 2.80. The summed E-state index contributed by atoms with van der Waals surface area (Å²) >= 11 is 5.59. The van der Waals surface area contributed by atoms with Gasteiger partial charge >= 0.3 is 0 Å². The molecule has 1 amide bonds. The molecular weight excluding hydrogens is 595 g/mol. The number of benzene rings is 3. The summed E-state index contributed by atoms with van der Waals surface area (Å²) in [6, 6.07) is 19.1. The molecule has 0 spiro atoms. The van der Waals surface area contributed by atoms with Crippen LogP contribution in [0.1, 0.15) is 22.3 Å². The van der Waals surface area contributed by atoms with Crippen LogP contribution in [0.4, 0.5) is 5.69 Å². The molecule has 0 saturated heterocycles. The van der Waals surface area contributed by atoms with Crippen molar-refractivity contribution in [2.24, 2.45) is 0 Å². The van der Waals surface area contributed by atoms with Gasteiger partial charge in [0.1, 0.15) is 18.2 Å². The molecule has 3 aromatic carbocycles. The van der Waals surface area contributed by atoms with Crippen molar-refractivity contribution in [3.8, 4) is 17.6 Å². The fourth-order valence-corrected chi connectivity index (χ4v) is 4.14. The first kappa shape index (κ1) is 24.8. The molecule has 0 aliphatic carbocycles. The number of halogens is 2. The van der Waals surface area contributed by atoms with E-state index in [-0.39, 0.29) is 5.57 Å². The van der Waals surface area contributed by atoms with E-state index < -0.39 is 5.91 Å². The van der Waals surface area contributed by atoms with Crippen molar-refractivity contribution in [1.82, 2.24) is 0 Å². The predicted octanol–water partition coefficient (Wildman–Crippen LogP) is 6.80. The molecule has 168 valence electrons. The lowest BCUT2D eigenvalue weighted by Crippen LogP contribution is -2.14. The van der Waals surface area contributed by atoms with Crippen molar-refractivity contribution in [3.05, 3.63) is 90.5 Å². The number of rotatable bonds is 7. The maximum absolute atomic E-state index is 12.7. The summed E-state index contributed by atoms with van der Waals surface area (Å²) in [6.07, 6.45) is 1.55. The number of nitrogens with one attached hydrogen (secondary N) is 1. The van der Waals surface area contributed by atoms with E-state index in [9.17, 15) is 10.1 Å². The van der Waals surface area contributed by atoms with Crippen molar-refractivity contribution in [2.75, 3.05) is 12.4 Å². The summed E-state index contributed by atoms with van der Waals surface area (Å²) < 4.78 is 13.3. The van der Waals surface area contributed by atoms with E-state index in [1.807, 2.05) is 68.4 Å². The largest absolute Gasteiger partial charge is 0.493 e. The normalized spacial score (nSPS) is 11.0. The van der Waals surface area contributed by atoms with Crippen LogP contribution < -0.4 is 14.8 Å². The Hall–Kier alpha value is -2.83.